The van der Waals surface area contributed by atoms with Crippen molar-refractivity contribution < 1.29 is 9.90 Å². The molecule has 2 N–H and O–H groups in total. The number of anilines is 1. The van der Waals surface area contributed by atoms with Crippen molar-refractivity contribution in [3.63, 3.8) is 0 Å². The second kappa shape index (κ2) is 6.13. The number of hydrogen-bond acceptors (Lipinski definition) is 4. The molecule has 110 valence electrons. The molecule has 0 unspecified atom stereocenters. The lowest BCUT2D eigenvalue weighted by atomic mass is 9.89. The highest BCUT2D eigenvalue weighted by Crippen LogP contribution is 2.29. The molecule has 1 fully saturated rings. The Labute approximate surface area is 127 Å². The van der Waals surface area contributed by atoms with Gasteiger partial charge < -0.3 is 10.0 Å². The standard InChI is InChI=1S/C15H17N3O2S/c19-13-3-1-11(2-4-13)12-5-8-18(9-6-12)15(20)17-14-16-7-10-21-14/h1-4,7,10,12,19H,5-6,8-9H2,(H,16,17,20). The fourth-order valence-electron chi connectivity index (χ4n) is 2.62. The number of nitrogens with one attached hydrogen (secondary N) is 1. The zero-order chi connectivity index (χ0) is 14.7. The van der Waals surface area contributed by atoms with Gasteiger partial charge in [0.1, 0.15) is 5.75 Å². The highest BCUT2D eigenvalue weighted by molar-refractivity contribution is 7.13. The maximum absolute atomic E-state index is 12.1. The van der Waals surface area contributed by atoms with Crippen LogP contribution in [0.3, 0.4) is 0 Å². The van der Waals surface area contributed by atoms with Crippen LogP contribution < -0.4 is 5.32 Å². The quantitative estimate of drug-likeness (QED) is 0.895. The lowest BCUT2D eigenvalue weighted by Gasteiger charge is -2.32. The summed E-state index contributed by atoms with van der Waals surface area (Å²) in [7, 11) is 0. The molecule has 0 atom stereocenters. The van der Waals surface area contributed by atoms with Gasteiger partial charge in [-0.1, -0.05) is 12.1 Å². The van der Waals surface area contributed by atoms with Gasteiger partial charge >= 0.3 is 6.03 Å². The maximum atomic E-state index is 12.1. The lowest BCUT2D eigenvalue weighted by Crippen LogP contribution is -2.40. The molecule has 1 saturated heterocycles. The number of phenolic OH excluding ortho intramolecular Hbond substituents is 1. The average Bonchev–Trinajstić information content (AvgIpc) is 3.01. The number of thiazole rings is 1. The largest absolute Gasteiger partial charge is 0.508 e. The van der Waals surface area contributed by atoms with Gasteiger partial charge in [-0.25, -0.2) is 9.78 Å². The molecule has 0 spiro atoms. The first-order valence-corrected chi connectivity index (χ1v) is 7.84. The van der Waals surface area contributed by atoms with Crippen LogP contribution in [0.5, 0.6) is 5.75 Å². The van der Waals surface area contributed by atoms with E-state index in [4.69, 9.17) is 0 Å². The third-order valence-electron chi connectivity index (χ3n) is 3.79. The summed E-state index contributed by atoms with van der Waals surface area (Å²) in [4.78, 5) is 18.0. The Morgan fingerprint density at radius 1 is 1.29 bits per heavy atom. The zero-order valence-electron chi connectivity index (χ0n) is 11.5. The molecule has 6 heteroatoms. The summed E-state index contributed by atoms with van der Waals surface area (Å²) in [5.41, 5.74) is 1.23. The molecule has 0 bridgehead atoms. The molecular formula is C15H17N3O2S. The van der Waals surface area contributed by atoms with Gasteiger partial charge in [0.25, 0.3) is 0 Å². The van der Waals surface area contributed by atoms with E-state index in [1.54, 1.807) is 18.3 Å². The van der Waals surface area contributed by atoms with Crippen molar-refractivity contribution in [2.45, 2.75) is 18.8 Å². The molecule has 3 rings (SSSR count). The van der Waals surface area contributed by atoms with Crippen molar-refractivity contribution in [2.24, 2.45) is 0 Å². The number of hydrogen-bond donors (Lipinski definition) is 2. The highest BCUT2D eigenvalue weighted by Gasteiger charge is 2.24. The number of phenols is 1. The SMILES string of the molecule is O=C(Nc1nccs1)N1CCC(c2ccc(O)cc2)CC1. The smallest absolute Gasteiger partial charge is 0.323 e. The number of carbonyl (C=O) groups is 1. The first-order chi connectivity index (χ1) is 10.2. The Morgan fingerprint density at radius 3 is 2.62 bits per heavy atom. The fraction of sp³-hybridized carbons (Fsp3) is 0.333. The van der Waals surface area contributed by atoms with Crippen LogP contribution in [-0.2, 0) is 0 Å². The van der Waals surface area contributed by atoms with Gasteiger partial charge in [0.05, 0.1) is 0 Å². The number of piperidine rings is 1. The van der Waals surface area contributed by atoms with E-state index in [2.05, 4.69) is 10.3 Å². The molecule has 2 heterocycles. The Kier molecular flexibility index (Phi) is 4.06. The van der Waals surface area contributed by atoms with Crippen molar-refractivity contribution in [1.82, 2.24) is 9.88 Å². The normalized spacial score (nSPS) is 15.9. The van der Waals surface area contributed by atoms with Gasteiger partial charge in [0.2, 0.25) is 0 Å². The van der Waals surface area contributed by atoms with E-state index in [9.17, 15) is 9.90 Å². The van der Waals surface area contributed by atoms with Gasteiger partial charge in [-0.05, 0) is 36.5 Å². The summed E-state index contributed by atoms with van der Waals surface area (Å²) in [6.07, 6.45) is 3.56. The molecule has 1 aliphatic heterocycles. The van der Waals surface area contributed by atoms with E-state index in [1.807, 2.05) is 22.4 Å². The van der Waals surface area contributed by atoms with Crippen LogP contribution in [0.2, 0.25) is 0 Å². The van der Waals surface area contributed by atoms with Crippen LogP contribution in [0.25, 0.3) is 0 Å². The van der Waals surface area contributed by atoms with Crippen LogP contribution in [0.4, 0.5) is 9.93 Å². The van der Waals surface area contributed by atoms with Crippen LogP contribution in [0.15, 0.2) is 35.8 Å². The number of aromatic hydroxyl groups is 1. The predicted octanol–water partition coefficient (Wildman–Crippen LogP) is 3.26. The molecule has 21 heavy (non-hydrogen) atoms. The maximum Gasteiger partial charge on any atom is 0.323 e. The van der Waals surface area contributed by atoms with Crippen molar-refractivity contribution in [3.05, 3.63) is 41.4 Å². The Balaban J connectivity index is 1.55. The molecule has 0 saturated carbocycles. The number of rotatable bonds is 2. The van der Waals surface area contributed by atoms with E-state index < -0.39 is 0 Å². The number of benzene rings is 1. The molecule has 0 radical (unpaired) electrons. The molecular weight excluding hydrogens is 286 g/mol. The fourth-order valence-corrected chi connectivity index (χ4v) is 3.14. The summed E-state index contributed by atoms with van der Waals surface area (Å²) in [5.74, 6) is 0.744. The van der Waals surface area contributed by atoms with E-state index in [1.165, 1.54) is 16.9 Å². The topological polar surface area (TPSA) is 65.5 Å². The van der Waals surface area contributed by atoms with Crippen molar-refractivity contribution in [1.29, 1.82) is 0 Å². The zero-order valence-corrected chi connectivity index (χ0v) is 12.3. The lowest BCUT2D eigenvalue weighted by molar-refractivity contribution is 0.194. The molecule has 0 aliphatic carbocycles. The minimum atomic E-state index is -0.0749. The van der Waals surface area contributed by atoms with E-state index >= 15 is 0 Å². The van der Waals surface area contributed by atoms with Crippen LogP contribution in [0.1, 0.15) is 24.3 Å². The van der Waals surface area contributed by atoms with E-state index in [0.29, 0.717) is 16.8 Å². The molecule has 1 aromatic carbocycles. The number of amides is 2. The van der Waals surface area contributed by atoms with Gasteiger partial charge in [0, 0.05) is 24.7 Å². The Morgan fingerprint density at radius 2 is 2.00 bits per heavy atom. The highest BCUT2D eigenvalue weighted by atomic mass is 32.1. The summed E-state index contributed by atoms with van der Waals surface area (Å²) in [6.45, 7) is 1.48. The summed E-state index contributed by atoms with van der Waals surface area (Å²) in [5, 5.41) is 14.6. The average molecular weight is 303 g/mol. The Hall–Kier alpha value is -2.08. The van der Waals surface area contributed by atoms with E-state index in [0.717, 1.165) is 25.9 Å². The van der Waals surface area contributed by atoms with Crippen molar-refractivity contribution in [3.8, 4) is 5.75 Å². The molecule has 5 nitrogen and oxygen atoms in total. The monoisotopic (exact) mass is 303 g/mol. The van der Waals surface area contributed by atoms with Crippen LogP contribution >= 0.6 is 11.3 Å². The minimum absolute atomic E-state index is 0.0749. The third kappa shape index (κ3) is 3.33. The minimum Gasteiger partial charge on any atom is -0.508 e. The van der Waals surface area contributed by atoms with Crippen LogP contribution in [0, 0.1) is 0 Å². The second-order valence-electron chi connectivity index (χ2n) is 5.12. The summed E-state index contributed by atoms with van der Waals surface area (Å²) >= 11 is 1.42. The molecule has 1 aliphatic rings. The number of carbonyl (C=O) groups excluding carboxylic acids is 1. The Bertz CT molecular complexity index is 590. The van der Waals surface area contributed by atoms with Crippen LogP contribution in [-0.4, -0.2) is 34.1 Å². The van der Waals surface area contributed by atoms with Gasteiger partial charge in [0.15, 0.2) is 5.13 Å². The third-order valence-corrected chi connectivity index (χ3v) is 4.48. The molecule has 2 amide bonds. The second-order valence-corrected chi connectivity index (χ2v) is 6.01. The van der Waals surface area contributed by atoms with E-state index in [-0.39, 0.29) is 6.03 Å². The van der Waals surface area contributed by atoms with Crippen molar-refractivity contribution >= 4 is 22.5 Å². The summed E-state index contributed by atoms with van der Waals surface area (Å²) in [6, 6.07) is 7.29. The van der Waals surface area contributed by atoms with Gasteiger partial charge in [-0.3, -0.25) is 5.32 Å². The van der Waals surface area contributed by atoms with Crippen molar-refractivity contribution in [2.75, 3.05) is 18.4 Å². The number of aromatic nitrogens is 1. The number of urea groups is 1. The predicted molar refractivity (Wildman–Crippen MR) is 82.8 cm³/mol. The number of nitrogens with zero attached hydrogens (tertiary/aromatic N) is 2. The molecule has 1 aromatic heterocycles. The first-order valence-electron chi connectivity index (χ1n) is 6.97. The summed E-state index contributed by atoms with van der Waals surface area (Å²) < 4.78 is 0. The van der Waals surface area contributed by atoms with Gasteiger partial charge in [-0.2, -0.15) is 0 Å². The van der Waals surface area contributed by atoms with Gasteiger partial charge in [-0.15, -0.1) is 11.3 Å². The number of likely N-dealkylation sites (tertiary alicyclic amines) is 1. The first kappa shape index (κ1) is 13.9. The molecule has 2 aromatic rings.